The first-order valence-electron chi connectivity index (χ1n) is 10.8. The van der Waals surface area contributed by atoms with Crippen molar-refractivity contribution in [1.29, 1.82) is 0 Å². The number of thioether (sulfide) groups is 1. The highest BCUT2D eigenvalue weighted by atomic mass is 32.2. The molecule has 3 aromatic rings. The van der Waals surface area contributed by atoms with Gasteiger partial charge in [-0.1, -0.05) is 68.1 Å². The van der Waals surface area contributed by atoms with Gasteiger partial charge >= 0.3 is 0 Å². The fourth-order valence-corrected chi connectivity index (χ4v) is 5.76. The molecule has 6 nitrogen and oxygen atoms in total. The average Bonchev–Trinajstić information content (AvgIpc) is 2.81. The van der Waals surface area contributed by atoms with Gasteiger partial charge in [-0.2, -0.15) is 4.31 Å². The summed E-state index contributed by atoms with van der Waals surface area (Å²) in [5.74, 6) is -0.165. The molecule has 0 spiro atoms. The van der Waals surface area contributed by atoms with Crippen molar-refractivity contribution >= 4 is 33.4 Å². The van der Waals surface area contributed by atoms with E-state index in [1.165, 1.54) is 22.3 Å². The predicted molar refractivity (Wildman–Crippen MR) is 134 cm³/mol. The number of pyridine rings is 1. The standard InChI is InChI=1S/C25H29N3O3S2/c1-5-28(6-2)33(30,31)21-14-15-23(26-17-21)32-24(20-10-8-7-9-11-20)25(29)27-22-16-18(3)12-13-19(22)4/h7-17,24H,5-6H2,1-4H3,(H,27,29). The molecule has 1 N–H and O–H groups in total. The van der Waals surface area contributed by atoms with Crippen LogP contribution in [0.3, 0.4) is 0 Å². The quantitative estimate of drug-likeness (QED) is 0.423. The number of nitrogens with zero attached hydrogens (tertiary/aromatic N) is 2. The summed E-state index contributed by atoms with van der Waals surface area (Å²) >= 11 is 1.29. The van der Waals surface area contributed by atoms with E-state index in [0.717, 1.165) is 22.4 Å². The highest BCUT2D eigenvalue weighted by Crippen LogP contribution is 2.36. The number of rotatable bonds is 9. The molecule has 1 heterocycles. The minimum Gasteiger partial charge on any atom is -0.325 e. The van der Waals surface area contributed by atoms with Gasteiger partial charge in [0, 0.05) is 25.0 Å². The zero-order chi connectivity index (χ0) is 24.0. The largest absolute Gasteiger partial charge is 0.325 e. The lowest BCUT2D eigenvalue weighted by Crippen LogP contribution is -2.30. The Balaban J connectivity index is 1.87. The minimum absolute atomic E-state index is 0.145. The second kappa shape index (κ2) is 11.0. The second-order valence-electron chi connectivity index (χ2n) is 7.64. The number of hydrogen-bond acceptors (Lipinski definition) is 5. The van der Waals surface area contributed by atoms with Crippen LogP contribution in [0.5, 0.6) is 0 Å². The molecule has 0 aliphatic heterocycles. The number of hydrogen-bond donors (Lipinski definition) is 1. The fourth-order valence-electron chi connectivity index (χ4n) is 3.39. The van der Waals surface area contributed by atoms with Gasteiger partial charge < -0.3 is 5.32 Å². The number of benzene rings is 2. The van der Waals surface area contributed by atoms with Gasteiger partial charge in [0.15, 0.2) is 0 Å². The van der Waals surface area contributed by atoms with Crippen molar-refractivity contribution < 1.29 is 13.2 Å². The van der Waals surface area contributed by atoms with Crippen molar-refractivity contribution in [3.8, 4) is 0 Å². The summed E-state index contributed by atoms with van der Waals surface area (Å²) in [6.45, 7) is 8.33. The van der Waals surface area contributed by atoms with Crippen LogP contribution >= 0.6 is 11.8 Å². The lowest BCUT2D eigenvalue weighted by atomic mass is 10.1. The number of aryl methyl sites for hydroxylation is 2. The van der Waals surface area contributed by atoms with E-state index >= 15 is 0 Å². The van der Waals surface area contributed by atoms with Crippen LogP contribution < -0.4 is 5.32 Å². The molecule has 1 aromatic heterocycles. The first-order chi connectivity index (χ1) is 15.8. The molecular weight excluding hydrogens is 454 g/mol. The highest BCUT2D eigenvalue weighted by molar-refractivity contribution is 8.00. The Hall–Kier alpha value is -2.68. The van der Waals surface area contributed by atoms with Crippen molar-refractivity contribution in [3.05, 3.63) is 83.6 Å². The maximum absolute atomic E-state index is 13.3. The minimum atomic E-state index is -3.58. The van der Waals surface area contributed by atoms with Crippen molar-refractivity contribution in [2.45, 2.75) is 42.9 Å². The smallest absolute Gasteiger partial charge is 0.244 e. The van der Waals surface area contributed by atoms with Crippen LogP contribution in [0.2, 0.25) is 0 Å². The zero-order valence-corrected chi connectivity index (χ0v) is 20.9. The molecule has 1 atom stereocenters. The molecule has 0 saturated heterocycles. The molecule has 0 aliphatic rings. The third-order valence-electron chi connectivity index (χ3n) is 5.28. The molecule has 0 saturated carbocycles. The molecule has 2 aromatic carbocycles. The molecular formula is C25H29N3O3S2. The zero-order valence-electron chi connectivity index (χ0n) is 19.3. The third-order valence-corrected chi connectivity index (χ3v) is 8.52. The number of nitrogens with one attached hydrogen (secondary N) is 1. The van der Waals surface area contributed by atoms with E-state index in [1.807, 2.05) is 62.4 Å². The number of aromatic nitrogens is 1. The number of carbonyl (C=O) groups excluding carboxylic acids is 1. The Morgan fingerprint density at radius 3 is 2.33 bits per heavy atom. The van der Waals surface area contributed by atoms with Gasteiger partial charge in [-0.15, -0.1) is 0 Å². The van der Waals surface area contributed by atoms with E-state index < -0.39 is 15.3 Å². The molecule has 1 unspecified atom stereocenters. The Kier molecular flexibility index (Phi) is 8.29. The Labute approximate surface area is 200 Å². The second-order valence-corrected chi connectivity index (χ2v) is 10.7. The molecule has 3 rings (SSSR count). The SMILES string of the molecule is CCN(CC)S(=O)(=O)c1ccc(SC(C(=O)Nc2cc(C)ccc2C)c2ccccc2)nc1. The first-order valence-corrected chi connectivity index (χ1v) is 13.1. The van der Waals surface area contributed by atoms with Crippen LogP contribution in [0.25, 0.3) is 0 Å². The summed E-state index contributed by atoms with van der Waals surface area (Å²) in [6.07, 6.45) is 1.36. The molecule has 1 amide bonds. The van der Waals surface area contributed by atoms with Gasteiger partial charge in [-0.3, -0.25) is 4.79 Å². The van der Waals surface area contributed by atoms with Crippen LogP contribution in [0.15, 0.2) is 76.8 Å². The molecule has 0 radical (unpaired) electrons. The molecule has 0 fully saturated rings. The summed E-state index contributed by atoms with van der Waals surface area (Å²) in [4.78, 5) is 17.8. The van der Waals surface area contributed by atoms with E-state index in [2.05, 4.69) is 10.3 Å². The lowest BCUT2D eigenvalue weighted by molar-refractivity contribution is -0.115. The van der Waals surface area contributed by atoms with Gasteiger partial charge in [0.25, 0.3) is 0 Å². The Morgan fingerprint density at radius 1 is 1.03 bits per heavy atom. The first kappa shape index (κ1) is 25.0. The van der Waals surface area contributed by atoms with E-state index in [4.69, 9.17) is 0 Å². The molecule has 8 heteroatoms. The van der Waals surface area contributed by atoms with Gasteiger partial charge in [-0.05, 0) is 48.7 Å². The van der Waals surface area contributed by atoms with Crippen molar-refractivity contribution in [3.63, 3.8) is 0 Å². The summed E-state index contributed by atoms with van der Waals surface area (Å²) in [5.41, 5.74) is 3.66. The predicted octanol–water partition coefficient (Wildman–Crippen LogP) is 5.20. The lowest BCUT2D eigenvalue weighted by Gasteiger charge is -2.19. The summed E-state index contributed by atoms with van der Waals surface area (Å²) in [6, 6.07) is 18.6. The number of amides is 1. The number of sulfonamides is 1. The summed E-state index contributed by atoms with van der Waals surface area (Å²) in [5, 5.41) is 3.06. The van der Waals surface area contributed by atoms with Crippen LogP contribution in [0, 0.1) is 13.8 Å². The van der Waals surface area contributed by atoms with Crippen molar-refractivity contribution in [1.82, 2.24) is 9.29 Å². The van der Waals surface area contributed by atoms with E-state index in [0.29, 0.717) is 18.1 Å². The highest BCUT2D eigenvalue weighted by Gasteiger charge is 2.25. The van der Waals surface area contributed by atoms with E-state index in [1.54, 1.807) is 26.0 Å². The van der Waals surface area contributed by atoms with Gasteiger partial charge in [0.2, 0.25) is 15.9 Å². The van der Waals surface area contributed by atoms with Crippen LogP contribution in [-0.2, 0) is 14.8 Å². The molecule has 0 aliphatic carbocycles. The monoisotopic (exact) mass is 483 g/mol. The fraction of sp³-hybridized carbons (Fsp3) is 0.280. The number of carbonyl (C=O) groups is 1. The van der Waals surface area contributed by atoms with E-state index in [-0.39, 0.29) is 10.8 Å². The molecule has 0 bridgehead atoms. The normalized spacial score (nSPS) is 12.5. The number of anilines is 1. The van der Waals surface area contributed by atoms with Crippen molar-refractivity contribution in [2.75, 3.05) is 18.4 Å². The molecule has 33 heavy (non-hydrogen) atoms. The maximum Gasteiger partial charge on any atom is 0.244 e. The summed E-state index contributed by atoms with van der Waals surface area (Å²) < 4.78 is 26.9. The maximum atomic E-state index is 13.3. The van der Waals surface area contributed by atoms with Crippen molar-refractivity contribution in [2.24, 2.45) is 0 Å². The van der Waals surface area contributed by atoms with Gasteiger partial charge in [0.1, 0.15) is 10.1 Å². The third kappa shape index (κ3) is 6.01. The van der Waals surface area contributed by atoms with Crippen LogP contribution in [0.4, 0.5) is 5.69 Å². The average molecular weight is 484 g/mol. The Morgan fingerprint density at radius 2 is 1.73 bits per heavy atom. The Bertz CT molecular complexity index is 1190. The van der Waals surface area contributed by atoms with E-state index in [9.17, 15) is 13.2 Å². The van der Waals surface area contributed by atoms with Crippen LogP contribution in [-0.4, -0.2) is 36.7 Å². The topological polar surface area (TPSA) is 79.4 Å². The van der Waals surface area contributed by atoms with Crippen LogP contribution in [0.1, 0.15) is 35.8 Å². The van der Waals surface area contributed by atoms with Gasteiger partial charge in [0.05, 0.1) is 5.03 Å². The van der Waals surface area contributed by atoms with Gasteiger partial charge in [-0.25, -0.2) is 13.4 Å². The summed E-state index contributed by atoms with van der Waals surface area (Å²) in [7, 11) is -3.58. The molecule has 174 valence electrons.